The molecule has 0 saturated carbocycles. The zero-order valence-electron chi connectivity index (χ0n) is 20.4. The Bertz CT molecular complexity index is 1320. The van der Waals surface area contributed by atoms with E-state index in [0.29, 0.717) is 12.1 Å². The summed E-state index contributed by atoms with van der Waals surface area (Å²) in [7, 11) is 0. The number of hydrogen-bond acceptors (Lipinski definition) is 4. The highest BCUT2D eigenvalue weighted by Crippen LogP contribution is 2.29. The Hall–Kier alpha value is -3.68. The molecule has 4 aromatic rings. The van der Waals surface area contributed by atoms with Gasteiger partial charge in [0.25, 0.3) is 0 Å². The van der Waals surface area contributed by atoms with Crippen LogP contribution in [0.2, 0.25) is 0 Å². The molecule has 186 valence electrons. The molecule has 3 aromatic carbocycles. The number of aromatic nitrogens is 2. The second-order valence-electron chi connectivity index (χ2n) is 9.36. The predicted molar refractivity (Wildman–Crippen MR) is 141 cm³/mol. The summed E-state index contributed by atoms with van der Waals surface area (Å²) >= 11 is 0. The van der Waals surface area contributed by atoms with Gasteiger partial charge in [0.2, 0.25) is 0 Å². The number of para-hydroxylation sites is 2. The van der Waals surface area contributed by atoms with Crippen LogP contribution < -0.4 is 5.69 Å². The van der Waals surface area contributed by atoms with Gasteiger partial charge in [-0.1, -0.05) is 72.8 Å². The molecular formula is C29H32N4O3. The smallest absolute Gasteiger partial charge is 0.329 e. The van der Waals surface area contributed by atoms with Crippen molar-refractivity contribution < 1.29 is 9.90 Å². The van der Waals surface area contributed by atoms with E-state index < -0.39 is 5.97 Å². The number of rotatable bonds is 9. The summed E-state index contributed by atoms with van der Waals surface area (Å²) in [5, 5.41) is 9.23. The van der Waals surface area contributed by atoms with Gasteiger partial charge < -0.3 is 10.0 Å². The van der Waals surface area contributed by atoms with Crippen LogP contribution in [0, 0.1) is 0 Å². The summed E-state index contributed by atoms with van der Waals surface area (Å²) < 4.78 is 3.07. The summed E-state index contributed by atoms with van der Waals surface area (Å²) in [5.74, 6) is -1.01. The van der Waals surface area contributed by atoms with E-state index in [0.717, 1.165) is 44.7 Å². The zero-order valence-corrected chi connectivity index (χ0v) is 20.4. The number of aryl methyl sites for hydroxylation is 1. The molecule has 36 heavy (non-hydrogen) atoms. The Balaban J connectivity index is 1.22. The van der Waals surface area contributed by atoms with Gasteiger partial charge in [0.1, 0.15) is 6.54 Å². The van der Waals surface area contributed by atoms with E-state index >= 15 is 0 Å². The van der Waals surface area contributed by atoms with Crippen LogP contribution in [0.1, 0.15) is 23.6 Å². The fourth-order valence-electron chi connectivity index (χ4n) is 5.36. The van der Waals surface area contributed by atoms with Gasteiger partial charge in [-0.2, -0.15) is 0 Å². The van der Waals surface area contributed by atoms with E-state index in [4.69, 9.17) is 0 Å². The third-order valence-corrected chi connectivity index (χ3v) is 7.08. The monoisotopic (exact) mass is 484 g/mol. The van der Waals surface area contributed by atoms with Gasteiger partial charge in [-0.05, 0) is 36.2 Å². The number of hydrogen-bond donors (Lipinski definition) is 1. The fraction of sp³-hybridized carbons (Fsp3) is 0.310. The van der Waals surface area contributed by atoms with Crippen molar-refractivity contribution >= 4 is 17.0 Å². The molecule has 1 aliphatic heterocycles. The Kier molecular flexibility index (Phi) is 7.30. The number of carboxylic acids is 1. The minimum atomic E-state index is -1.01. The van der Waals surface area contributed by atoms with Gasteiger partial charge in [0.05, 0.1) is 17.1 Å². The van der Waals surface area contributed by atoms with Crippen molar-refractivity contribution in [2.24, 2.45) is 0 Å². The Labute approximate surface area is 210 Å². The fourth-order valence-corrected chi connectivity index (χ4v) is 5.36. The van der Waals surface area contributed by atoms with Crippen LogP contribution in [0.4, 0.5) is 0 Å². The molecule has 1 aliphatic rings. The molecule has 7 nitrogen and oxygen atoms in total. The molecule has 0 aliphatic carbocycles. The van der Waals surface area contributed by atoms with Crippen LogP contribution in [-0.2, 0) is 17.9 Å². The normalized spacial score (nSPS) is 15.0. The van der Waals surface area contributed by atoms with Crippen molar-refractivity contribution in [2.45, 2.75) is 25.6 Å². The topological polar surface area (TPSA) is 70.7 Å². The zero-order chi connectivity index (χ0) is 24.9. The maximum Gasteiger partial charge on any atom is 0.329 e. The third-order valence-electron chi connectivity index (χ3n) is 7.08. The summed E-state index contributed by atoms with van der Waals surface area (Å²) in [6.07, 6.45) is 0.835. The van der Waals surface area contributed by atoms with Gasteiger partial charge in [-0.25, -0.2) is 4.79 Å². The van der Waals surface area contributed by atoms with Crippen LogP contribution >= 0.6 is 0 Å². The molecule has 1 aromatic heterocycles. The van der Waals surface area contributed by atoms with Crippen LogP contribution in [0.15, 0.2) is 89.7 Å². The van der Waals surface area contributed by atoms with Crippen LogP contribution in [-0.4, -0.2) is 62.7 Å². The summed E-state index contributed by atoms with van der Waals surface area (Å²) in [6.45, 7) is 5.07. The van der Waals surface area contributed by atoms with E-state index in [-0.39, 0.29) is 18.3 Å². The Morgan fingerprint density at radius 3 is 1.81 bits per heavy atom. The number of nitrogens with zero attached hydrogens (tertiary/aromatic N) is 4. The molecular weight excluding hydrogens is 452 g/mol. The van der Waals surface area contributed by atoms with E-state index in [1.165, 1.54) is 15.7 Å². The molecule has 0 amide bonds. The van der Waals surface area contributed by atoms with Gasteiger partial charge in [-0.3, -0.25) is 18.8 Å². The number of fused-ring (bicyclic) bond motifs is 1. The average Bonchev–Trinajstić information content (AvgIpc) is 3.17. The van der Waals surface area contributed by atoms with Gasteiger partial charge in [0, 0.05) is 32.7 Å². The highest BCUT2D eigenvalue weighted by atomic mass is 16.4. The van der Waals surface area contributed by atoms with Crippen LogP contribution in [0.25, 0.3) is 11.0 Å². The number of aliphatic carboxylic acids is 1. The number of carbonyl (C=O) groups is 1. The van der Waals surface area contributed by atoms with Gasteiger partial charge in [-0.15, -0.1) is 0 Å². The van der Waals surface area contributed by atoms with Gasteiger partial charge in [0.15, 0.2) is 0 Å². The second kappa shape index (κ2) is 10.9. The summed E-state index contributed by atoms with van der Waals surface area (Å²) in [6, 6.07) is 29.1. The first-order valence-electron chi connectivity index (χ1n) is 12.6. The lowest BCUT2D eigenvalue weighted by Crippen LogP contribution is -2.48. The van der Waals surface area contributed by atoms with E-state index in [9.17, 15) is 14.7 Å². The average molecular weight is 485 g/mol. The molecule has 0 radical (unpaired) electrons. The molecule has 0 spiro atoms. The maximum absolute atomic E-state index is 12.9. The van der Waals surface area contributed by atoms with Crippen molar-refractivity contribution in [3.8, 4) is 0 Å². The maximum atomic E-state index is 12.9. The van der Waals surface area contributed by atoms with Crippen LogP contribution in [0.5, 0.6) is 0 Å². The quantitative estimate of drug-likeness (QED) is 0.392. The summed E-state index contributed by atoms with van der Waals surface area (Å²) in [5.41, 5.74) is 3.84. The molecule has 1 N–H and O–H groups in total. The third kappa shape index (κ3) is 5.12. The highest BCUT2D eigenvalue weighted by Gasteiger charge is 2.26. The predicted octanol–water partition coefficient (Wildman–Crippen LogP) is 3.68. The largest absolute Gasteiger partial charge is 0.480 e. The lowest BCUT2D eigenvalue weighted by Gasteiger charge is -2.39. The molecule has 0 bridgehead atoms. The molecule has 5 rings (SSSR count). The van der Waals surface area contributed by atoms with Crippen LogP contribution in [0.3, 0.4) is 0 Å². The standard InChI is InChI=1S/C29H32N4O3/c34-27(35)22-33-26-15-8-7-14-25(26)32(29(33)36)17-9-16-30-18-20-31(21-19-30)28(23-10-3-1-4-11-23)24-12-5-2-6-13-24/h1-8,10-15,28H,9,16-22H2,(H,34,35). The van der Waals surface area contributed by atoms with Crippen molar-refractivity contribution in [1.82, 2.24) is 18.9 Å². The Morgan fingerprint density at radius 2 is 1.25 bits per heavy atom. The lowest BCUT2D eigenvalue weighted by molar-refractivity contribution is -0.137. The number of imidazole rings is 1. The highest BCUT2D eigenvalue weighted by molar-refractivity contribution is 5.78. The molecule has 1 fully saturated rings. The molecule has 1 saturated heterocycles. The molecule has 2 heterocycles. The molecule has 0 unspecified atom stereocenters. The van der Waals surface area contributed by atoms with E-state index in [1.807, 2.05) is 24.3 Å². The lowest BCUT2D eigenvalue weighted by atomic mass is 9.96. The number of benzene rings is 3. The second-order valence-corrected chi connectivity index (χ2v) is 9.36. The first-order valence-corrected chi connectivity index (χ1v) is 12.6. The number of carboxylic acid groups (broad SMARTS) is 1. The van der Waals surface area contributed by atoms with Crippen molar-refractivity contribution in [3.05, 3.63) is 107 Å². The number of piperazine rings is 1. The first kappa shape index (κ1) is 24.0. The van der Waals surface area contributed by atoms with E-state index in [2.05, 4.69) is 70.5 Å². The van der Waals surface area contributed by atoms with E-state index in [1.54, 1.807) is 4.57 Å². The summed E-state index contributed by atoms with van der Waals surface area (Å²) in [4.78, 5) is 29.2. The van der Waals surface area contributed by atoms with Gasteiger partial charge >= 0.3 is 11.7 Å². The molecule has 0 atom stereocenters. The Morgan fingerprint density at radius 1 is 0.722 bits per heavy atom. The van der Waals surface area contributed by atoms with Crippen molar-refractivity contribution in [3.63, 3.8) is 0 Å². The van der Waals surface area contributed by atoms with Crippen molar-refractivity contribution in [1.29, 1.82) is 0 Å². The SMILES string of the molecule is O=C(O)Cn1c(=O)n(CCCN2CCN(C(c3ccccc3)c3ccccc3)CC2)c2ccccc21. The van der Waals surface area contributed by atoms with Crippen molar-refractivity contribution in [2.75, 3.05) is 32.7 Å². The minimum Gasteiger partial charge on any atom is -0.480 e. The molecule has 7 heteroatoms. The minimum absolute atomic E-state index is 0.244. The first-order chi connectivity index (χ1) is 17.6.